The van der Waals surface area contributed by atoms with Crippen LogP contribution in [0.3, 0.4) is 0 Å². The van der Waals surface area contributed by atoms with Crippen LogP contribution in [0.5, 0.6) is 0 Å². The van der Waals surface area contributed by atoms with Crippen molar-refractivity contribution in [3.8, 4) is 0 Å². The van der Waals surface area contributed by atoms with E-state index >= 15 is 0 Å². The van der Waals surface area contributed by atoms with Crippen LogP contribution in [0.1, 0.15) is 43.7 Å². The van der Waals surface area contributed by atoms with Crippen molar-refractivity contribution < 1.29 is 4.39 Å². The van der Waals surface area contributed by atoms with E-state index < -0.39 is 0 Å². The van der Waals surface area contributed by atoms with Gasteiger partial charge in [-0.05, 0) is 37.4 Å². The number of nitrogens with zero attached hydrogens (tertiary/aromatic N) is 1. The van der Waals surface area contributed by atoms with Gasteiger partial charge in [-0.2, -0.15) is 0 Å². The smallest absolute Gasteiger partial charge is 0.128 e. The highest BCUT2D eigenvalue weighted by Gasteiger charge is 2.28. The Hall–Kier alpha value is -0.930. The normalized spacial score (nSPS) is 15.3. The zero-order chi connectivity index (χ0) is 13.0. The second-order valence-electron chi connectivity index (χ2n) is 5.19. The van der Waals surface area contributed by atoms with Crippen molar-refractivity contribution in [3.63, 3.8) is 0 Å². The van der Waals surface area contributed by atoms with Gasteiger partial charge >= 0.3 is 0 Å². The van der Waals surface area contributed by atoms with E-state index in [4.69, 9.17) is 5.73 Å². The first kappa shape index (κ1) is 13.5. The molecule has 1 saturated carbocycles. The van der Waals surface area contributed by atoms with Gasteiger partial charge in [-0.3, -0.25) is 4.90 Å². The average Bonchev–Trinajstić information content (AvgIpc) is 3.20. The highest BCUT2D eigenvalue weighted by molar-refractivity contribution is 5.24. The van der Waals surface area contributed by atoms with Gasteiger partial charge in [0.25, 0.3) is 0 Å². The highest BCUT2D eigenvalue weighted by Crippen LogP contribution is 2.29. The predicted octanol–water partition coefficient (Wildman–Crippen LogP) is 3.05. The first-order valence-electron chi connectivity index (χ1n) is 6.96. The zero-order valence-electron chi connectivity index (χ0n) is 11.2. The number of halogens is 1. The summed E-state index contributed by atoms with van der Waals surface area (Å²) < 4.78 is 13.9. The molecule has 0 aliphatic heterocycles. The quantitative estimate of drug-likeness (QED) is 0.806. The number of nitrogens with two attached hydrogens (primary N) is 1. The van der Waals surface area contributed by atoms with Crippen LogP contribution < -0.4 is 5.73 Å². The molecule has 0 saturated heterocycles. The van der Waals surface area contributed by atoms with Crippen molar-refractivity contribution in [1.29, 1.82) is 0 Å². The minimum Gasteiger partial charge on any atom is -0.326 e. The molecule has 2 rings (SSSR count). The lowest BCUT2D eigenvalue weighted by Gasteiger charge is -2.22. The third kappa shape index (κ3) is 3.53. The van der Waals surface area contributed by atoms with E-state index in [1.165, 1.54) is 25.7 Å². The largest absolute Gasteiger partial charge is 0.326 e. The summed E-state index contributed by atoms with van der Waals surface area (Å²) in [6.07, 6.45) is 4.93. The number of benzene rings is 1. The number of hydrogen-bond acceptors (Lipinski definition) is 2. The van der Waals surface area contributed by atoms with Crippen LogP contribution in [0.15, 0.2) is 18.2 Å². The summed E-state index contributed by atoms with van der Waals surface area (Å²) in [5.41, 5.74) is 7.18. The molecule has 3 heteroatoms. The predicted molar refractivity (Wildman–Crippen MR) is 72.6 cm³/mol. The lowest BCUT2D eigenvalue weighted by Crippen LogP contribution is -2.27. The van der Waals surface area contributed by atoms with Crippen molar-refractivity contribution in [2.24, 2.45) is 5.73 Å². The summed E-state index contributed by atoms with van der Waals surface area (Å²) in [5.74, 6) is -0.111. The molecule has 1 fully saturated rings. The van der Waals surface area contributed by atoms with Crippen molar-refractivity contribution in [1.82, 2.24) is 4.90 Å². The minimum atomic E-state index is -0.111. The maximum absolute atomic E-state index is 13.9. The van der Waals surface area contributed by atoms with E-state index in [0.29, 0.717) is 12.6 Å². The van der Waals surface area contributed by atoms with Crippen LogP contribution in [-0.2, 0) is 13.1 Å². The number of rotatable bonds is 7. The molecule has 0 unspecified atom stereocenters. The summed E-state index contributed by atoms with van der Waals surface area (Å²) >= 11 is 0. The lowest BCUT2D eigenvalue weighted by molar-refractivity contribution is 0.247. The van der Waals surface area contributed by atoms with Gasteiger partial charge in [0.2, 0.25) is 0 Å². The first-order valence-corrected chi connectivity index (χ1v) is 6.96. The van der Waals surface area contributed by atoms with Crippen LogP contribution in [-0.4, -0.2) is 17.5 Å². The summed E-state index contributed by atoms with van der Waals surface area (Å²) in [6, 6.07) is 6.08. The molecule has 2 nitrogen and oxygen atoms in total. The molecule has 0 bridgehead atoms. The molecule has 0 atom stereocenters. The van der Waals surface area contributed by atoms with Crippen molar-refractivity contribution in [3.05, 3.63) is 35.1 Å². The van der Waals surface area contributed by atoms with E-state index in [1.54, 1.807) is 6.07 Å². The second kappa shape index (κ2) is 6.30. The molecule has 0 amide bonds. The molecule has 0 heterocycles. The van der Waals surface area contributed by atoms with Gasteiger partial charge in [0.1, 0.15) is 5.82 Å². The average molecular weight is 250 g/mol. The van der Waals surface area contributed by atoms with Crippen LogP contribution in [0.4, 0.5) is 4.39 Å². The fraction of sp³-hybridized carbons (Fsp3) is 0.600. The maximum Gasteiger partial charge on any atom is 0.128 e. The molecular weight excluding hydrogens is 227 g/mol. The van der Waals surface area contributed by atoms with Gasteiger partial charge in [0, 0.05) is 24.7 Å². The SMILES string of the molecule is CCCCN(Cc1ccc(CN)cc1F)C1CC1. The second-order valence-corrected chi connectivity index (χ2v) is 5.19. The Bertz CT molecular complexity index is 388. The Balaban J connectivity index is 2.01. The fourth-order valence-electron chi connectivity index (χ4n) is 2.26. The lowest BCUT2D eigenvalue weighted by atomic mass is 10.1. The molecule has 0 radical (unpaired) electrons. The monoisotopic (exact) mass is 250 g/mol. The Kier molecular flexibility index (Phi) is 4.72. The van der Waals surface area contributed by atoms with Gasteiger partial charge in [0.15, 0.2) is 0 Å². The van der Waals surface area contributed by atoms with Gasteiger partial charge < -0.3 is 5.73 Å². The van der Waals surface area contributed by atoms with Gasteiger partial charge in [-0.15, -0.1) is 0 Å². The summed E-state index contributed by atoms with van der Waals surface area (Å²) in [6.45, 7) is 4.42. The number of unbranched alkanes of at least 4 members (excludes halogenated alkanes) is 1. The number of hydrogen-bond donors (Lipinski definition) is 1. The molecule has 100 valence electrons. The van der Waals surface area contributed by atoms with Crippen LogP contribution in [0.25, 0.3) is 0 Å². The van der Waals surface area contributed by atoms with E-state index in [0.717, 1.165) is 24.2 Å². The standard InChI is InChI=1S/C15H23FN2/c1-2-3-8-18(14-6-7-14)11-13-5-4-12(10-17)9-15(13)16/h4-5,9,14H,2-3,6-8,10-11,17H2,1H3. The van der Waals surface area contributed by atoms with Gasteiger partial charge in [0.05, 0.1) is 0 Å². The molecule has 1 aliphatic rings. The Morgan fingerprint density at radius 2 is 2.17 bits per heavy atom. The van der Waals surface area contributed by atoms with Crippen molar-refractivity contribution in [2.75, 3.05) is 6.54 Å². The van der Waals surface area contributed by atoms with Crippen LogP contribution in [0, 0.1) is 5.82 Å². The Morgan fingerprint density at radius 3 is 2.72 bits per heavy atom. The molecule has 2 N–H and O–H groups in total. The van der Waals surface area contributed by atoms with E-state index in [1.807, 2.05) is 12.1 Å². The first-order chi connectivity index (χ1) is 8.74. The minimum absolute atomic E-state index is 0.111. The summed E-state index contributed by atoms with van der Waals surface area (Å²) in [4.78, 5) is 2.42. The molecule has 0 spiro atoms. The van der Waals surface area contributed by atoms with E-state index in [9.17, 15) is 4.39 Å². The third-order valence-electron chi connectivity index (χ3n) is 3.59. The highest BCUT2D eigenvalue weighted by atomic mass is 19.1. The van der Waals surface area contributed by atoms with Crippen LogP contribution >= 0.6 is 0 Å². The zero-order valence-corrected chi connectivity index (χ0v) is 11.2. The third-order valence-corrected chi connectivity index (χ3v) is 3.59. The molecule has 0 aromatic heterocycles. The van der Waals surface area contributed by atoms with E-state index in [-0.39, 0.29) is 5.82 Å². The van der Waals surface area contributed by atoms with Crippen molar-refractivity contribution in [2.45, 2.75) is 51.7 Å². The van der Waals surface area contributed by atoms with Crippen molar-refractivity contribution >= 4 is 0 Å². The van der Waals surface area contributed by atoms with Crippen LogP contribution in [0.2, 0.25) is 0 Å². The molecule has 1 aromatic rings. The Labute approximate surface area is 109 Å². The maximum atomic E-state index is 13.9. The fourth-order valence-corrected chi connectivity index (χ4v) is 2.26. The summed E-state index contributed by atoms with van der Waals surface area (Å²) in [7, 11) is 0. The van der Waals surface area contributed by atoms with Gasteiger partial charge in [-0.25, -0.2) is 4.39 Å². The molecule has 1 aliphatic carbocycles. The summed E-state index contributed by atoms with van der Waals surface area (Å²) in [5, 5.41) is 0. The topological polar surface area (TPSA) is 29.3 Å². The van der Waals surface area contributed by atoms with E-state index in [2.05, 4.69) is 11.8 Å². The molecular formula is C15H23FN2. The molecule has 18 heavy (non-hydrogen) atoms. The van der Waals surface area contributed by atoms with Gasteiger partial charge in [-0.1, -0.05) is 25.5 Å². The Morgan fingerprint density at radius 1 is 1.39 bits per heavy atom. The molecule has 1 aromatic carbocycles.